The molecule has 0 aromatic carbocycles. The summed E-state index contributed by atoms with van der Waals surface area (Å²) in [6.07, 6.45) is 13.3. The summed E-state index contributed by atoms with van der Waals surface area (Å²) in [5.41, 5.74) is 0.551. The number of nitrogens with one attached hydrogen (secondary N) is 1. The minimum Gasteiger partial charge on any atom is -0.355 e. The Morgan fingerprint density at radius 1 is 1.19 bits per heavy atom. The summed E-state index contributed by atoms with van der Waals surface area (Å²) in [5, 5.41) is 3.05. The summed E-state index contributed by atoms with van der Waals surface area (Å²) in [6.45, 7) is 5.32. The summed E-state index contributed by atoms with van der Waals surface area (Å²) >= 11 is 0. The Kier molecular flexibility index (Phi) is 5.36. The van der Waals surface area contributed by atoms with Crippen molar-refractivity contribution in [3.8, 4) is 0 Å². The van der Waals surface area contributed by atoms with Crippen molar-refractivity contribution in [2.24, 2.45) is 5.92 Å². The lowest BCUT2D eigenvalue weighted by Gasteiger charge is -2.33. The third kappa shape index (κ3) is 3.96. The van der Waals surface area contributed by atoms with E-state index in [4.69, 9.17) is 0 Å². The van der Waals surface area contributed by atoms with Gasteiger partial charge in [-0.25, -0.2) is 15.0 Å². The lowest BCUT2D eigenvalue weighted by atomic mass is 9.85. The van der Waals surface area contributed by atoms with Crippen molar-refractivity contribution in [1.82, 2.24) is 24.4 Å². The number of carbonyl (C=O) groups excluding carboxylic acids is 1. The molecule has 0 spiro atoms. The maximum absolute atomic E-state index is 12.9. The molecule has 2 aromatic rings. The summed E-state index contributed by atoms with van der Waals surface area (Å²) in [7, 11) is 0. The van der Waals surface area contributed by atoms with Gasteiger partial charge in [-0.1, -0.05) is 6.42 Å². The molecule has 1 saturated heterocycles. The van der Waals surface area contributed by atoms with E-state index in [1.165, 1.54) is 19.3 Å². The second-order valence-corrected chi connectivity index (χ2v) is 7.65. The maximum Gasteiger partial charge on any atom is 0.257 e. The predicted octanol–water partition coefficient (Wildman–Crippen LogP) is 2.92. The van der Waals surface area contributed by atoms with Crippen molar-refractivity contribution in [2.75, 3.05) is 25.0 Å². The van der Waals surface area contributed by atoms with Gasteiger partial charge in [0.05, 0.1) is 5.56 Å². The van der Waals surface area contributed by atoms with Crippen LogP contribution in [0.15, 0.2) is 24.8 Å². The lowest BCUT2D eigenvalue weighted by Crippen LogP contribution is -2.40. The molecule has 7 heteroatoms. The molecule has 0 bridgehead atoms. The van der Waals surface area contributed by atoms with E-state index < -0.39 is 0 Å². The topological polar surface area (TPSA) is 75.9 Å². The first-order chi connectivity index (χ1) is 13.2. The van der Waals surface area contributed by atoms with Gasteiger partial charge in [-0.3, -0.25) is 4.79 Å². The monoisotopic (exact) mass is 368 g/mol. The molecule has 1 atom stereocenters. The summed E-state index contributed by atoms with van der Waals surface area (Å²) in [5.74, 6) is 2.81. The Morgan fingerprint density at radius 2 is 2.00 bits per heavy atom. The Hall–Kier alpha value is -2.44. The predicted molar refractivity (Wildman–Crippen MR) is 104 cm³/mol. The highest BCUT2D eigenvalue weighted by atomic mass is 16.2. The second kappa shape index (κ2) is 8.06. The zero-order chi connectivity index (χ0) is 18.6. The normalized spacial score (nSPS) is 20.3. The van der Waals surface area contributed by atoms with Crippen LogP contribution in [0.3, 0.4) is 0 Å². The number of anilines is 1. The van der Waals surface area contributed by atoms with E-state index in [0.29, 0.717) is 17.4 Å². The summed E-state index contributed by atoms with van der Waals surface area (Å²) < 4.78 is 2.32. The number of aromatic nitrogens is 4. The Balaban J connectivity index is 1.43. The number of imidazole rings is 1. The van der Waals surface area contributed by atoms with Gasteiger partial charge in [0.15, 0.2) is 0 Å². The molecular weight excluding hydrogens is 340 g/mol. The number of hydrogen-bond acceptors (Lipinski definition) is 5. The Bertz CT molecular complexity index is 767. The highest BCUT2D eigenvalue weighted by molar-refractivity contribution is 5.93. The largest absolute Gasteiger partial charge is 0.355 e. The molecule has 144 valence electrons. The number of rotatable bonds is 6. The molecule has 4 rings (SSSR count). The number of likely N-dealkylation sites (tertiary alicyclic amines) is 1. The minimum atomic E-state index is 0.0137. The van der Waals surface area contributed by atoms with Crippen LogP contribution in [-0.2, 0) is 6.54 Å². The Morgan fingerprint density at radius 3 is 2.70 bits per heavy atom. The van der Waals surface area contributed by atoms with E-state index in [0.717, 1.165) is 50.8 Å². The van der Waals surface area contributed by atoms with Crippen LogP contribution in [-0.4, -0.2) is 50.0 Å². The van der Waals surface area contributed by atoms with Crippen molar-refractivity contribution in [3.05, 3.63) is 36.2 Å². The van der Waals surface area contributed by atoms with Gasteiger partial charge in [0.1, 0.15) is 5.82 Å². The molecule has 1 saturated carbocycles. The van der Waals surface area contributed by atoms with Crippen LogP contribution in [0, 0.1) is 5.92 Å². The van der Waals surface area contributed by atoms with Crippen molar-refractivity contribution in [3.63, 3.8) is 0 Å². The van der Waals surface area contributed by atoms with Gasteiger partial charge in [-0.15, -0.1) is 0 Å². The van der Waals surface area contributed by atoms with Crippen molar-refractivity contribution < 1.29 is 4.79 Å². The van der Waals surface area contributed by atoms with Gasteiger partial charge in [0.25, 0.3) is 5.91 Å². The third-order valence-corrected chi connectivity index (χ3v) is 5.73. The summed E-state index contributed by atoms with van der Waals surface area (Å²) in [4.78, 5) is 27.9. The van der Waals surface area contributed by atoms with Gasteiger partial charge in [0.2, 0.25) is 5.95 Å². The lowest BCUT2D eigenvalue weighted by molar-refractivity contribution is 0.0701. The number of piperidine rings is 1. The SMILES string of the molecule is CCNc1ncc(C(=O)N2CCC[C@@H](c3nccn3CC3CCC3)C2)cn1. The zero-order valence-corrected chi connectivity index (χ0v) is 16.0. The standard InChI is InChI=1S/C20H28N6O/c1-2-21-20-23-11-17(12-24-20)19(27)26-9-4-7-16(14-26)18-22-8-10-25(18)13-15-5-3-6-15/h8,10-12,15-16H,2-7,9,13-14H2,1H3,(H,21,23,24)/t16-/m1/s1. The average Bonchev–Trinajstić information content (AvgIpc) is 3.13. The first-order valence-corrected chi connectivity index (χ1v) is 10.1. The van der Waals surface area contributed by atoms with Gasteiger partial charge >= 0.3 is 0 Å². The molecule has 0 unspecified atom stereocenters. The molecule has 1 aliphatic heterocycles. The average molecular weight is 368 g/mol. The van der Waals surface area contributed by atoms with Gasteiger partial charge in [-0.2, -0.15) is 0 Å². The molecule has 0 radical (unpaired) electrons. The minimum absolute atomic E-state index is 0.0137. The molecule has 7 nitrogen and oxygen atoms in total. The smallest absolute Gasteiger partial charge is 0.257 e. The van der Waals surface area contributed by atoms with E-state index in [9.17, 15) is 4.79 Å². The first kappa shape index (κ1) is 17.9. The summed E-state index contributed by atoms with van der Waals surface area (Å²) in [6, 6.07) is 0. The highest BCUT2D eigenvalue weighted by Gasteiger charge is 2.29. The van der Waals surface area contributed by atoms with Crippen LogP contribution in [0.25, 0.3) is 0 Å². The van der Waals surface area contributed by atoms with Crippen LogP contribution in [0.2, 0.25) is 0 Å². The van der Waals surface area contributed by atoms with Crippen LogP contribution in [0.5, 0.6) is 0 Å². The van der Waals surface area contributed by atoms with Crippen molar-refractivity contribution >= 4 is 11.9 Å². The molecule has 1 N–H and O–H groups in total. The molecular formula is C20H28N6O. The molecule has 2 fully saturated rings. The van der Waals surface area contributed by atoms with Gasteiger partial charge in [0, 0.05) is 56.9 Å². The number of hydrogen-bond donors (Lipinski definition) is 1. The first-order valence-electron chi connectivity index (χ1n) is 10.1. The highest BCUT2D eigenvalue weighted by Crippen LogP contribution is 2.31. The number of carbonyl (C=O) groups is 1. The van der Waals surface area contributed by atoms with Crippen molar-refractivity contribution in [1.29, 1.82) is 0 Å². The van der Waals surface area contributed by atoms with E-state index in [2.05, 4.69) is 31.0 Å². The van der Waals surface area contributed by atoms with Crippen LogP contribution in [0.1, 0.15) is 61.1 Å². The molecule has 2 aliphatic rings. The van der Waals surface area contributed by atoms with E-state index >= 15 is 0 Å². The number of nitrogens with zero attached hydrogens (tertiary/aromatic N) is 5. The molecule has 1 aliphatic carbocycles. The molecule has 3 heterocycles. The van der Waals surface area contributed by atoms with Gasteiger partial charge in [-0.05, 0) is 38.5 Å². The quantitative estimate of drug-likeness (QED) is 0.848. The van der Waals surface area contributed by atoms with Crippen LogP contribution >= 0.6 is 0 Å². The van der Waals surface area contributed by atoms with Gasteiger partial charge < -0.3 is 14.8 Å². The fourth-order valence-electron chi connectivity index (χ4n) is 4.03. The molecule has 2 aromatic heterocycles. The fraction of sp³-hybridized carbons (Fsp3) is 0.600. The van der Waals surface area contributed by atoms with Crippen LogP contribution < -0.4 is 5.32 Å². The van der Waals surface area contributed by atoms with E-state index in [1.807, 2.05) is 18.0 Å². The van der Waals surface area contributed by atoms with E-state index in [1.54, 1.807) is 12.4 Å². The Labute approximate surface area is 160 Å². The third-order valence-electron chi connectivity index (χ3n) is 5.73. The zero-order valence-electron chi connectivity index (χ0n) is 16.0. The molecule has 27 heavy (non-hydrogen) atoms. The van der Waals surface area contributed by atoms with Crippen LogP contribution in [0.4, 0.5) is 5.95 Å². The fourth-order valence-corrected chi connectivity index (χ4v) is 4.03. The second-order valence-electron chi connectivity index (χ2n) is 7.65. The van der Waals surface area contributed by atoms with E-state index in [-0.39, 0.29) is 5.91 Å². The molecule has 1 amide bonds. The maximum atomic E-state index is 12.9. The van der Waals surface area contributed by atoms with Crippen molar-refractivity contribution in [2.45, 2.75) is 51.5 Å². The number of amides is 1.